The number of carboxylic acids is 1. The zero-order valence-electron chi connectivity index (χ0n) is 11.1. The molecule has 1 aromatic carbocycles. The van der Waals surface area contributed by atoms with E-state index in [0.29, 0.717) is 5.82 Å². The summed E-state index contributed by atoms with van der Waals surface area (Å²) in [4.78, 5) is 17.0. The predicted octanol–water partition coefficient (Wildman–Crippen LogP) is 2.15. The smallest absolute Gasteiger partial charge is 0.326 e. The van der Waals surface area contributed by atoms with Gasteiger partial charge in [-0.25, -0.2) is 9.78 Å². The molecule has 1 atom stereocenters. The van der Waals surface area contributed by atoms with Crippen molar-refractivity contribution in [1.82, 2.24) is 4.98 Å². The van der Waals surface area contributed by atoms with Gasteiger partial charge in [0.25, 0.3) is 0 Å². The molecule has 5 heteroatoms. The monoisotopic (exact) mass is 260 g/mol. The van der Waals surface area contributed by atoms with Crippen LogP contribution in [0.5, 0.6) is 5.75 Å². The minimum absolute atomic E-state index is 0.631. The molecule has 1 heterocycles. The molecule has 0 amide bonds. The highest BCUT2D eigenvalue weighted by atomic mass is 16.5. The molecule has 2 aromatic rings. The summed E-state index contributed by atoms with van der Waals surface area (Å²) in [6.45, 7) is 1.63. The lowest BCUT2D eigenvalue weighted by Crippen LogP contribution is -2.36. The third-order valence-corrected chi connectivity index (χ3v) is 3.22. The van der Waals surface area contributed by atoms with Crippen LogP contribution in [0.15, 0.2) is 30.5 Å². The Kier molecular flexibility index (Phi) is 3.55. The maximum atomic E-state index is 11.1. The van der Waals surface area contributed by atoms with E-state index in [1.54, 1.807) is 32.2 Å². The van der Waals surface area contributed by atoms with E-state index >= 15 is 0 Å². The summed E-state index contributed by atoms with van der Waals surface area (Å²) >= 11 is 0. The number of carbonyl (C=O) groups is 1. The largest absolute Gasteiger partial charge is 0.497 e. The van der Waals surface area contributed by atoms with Crippen molar-refractivity contribution < 1.29 is 14.6 Å². The topological polar surface area (TPSA) is 62.7 Å². The van der Waals surface area contributed by atoms with Crippen molar-refractivity contribution in [3.8, 4) is 5.75 Å². The molecule has 0 fully saturated rings. The number of hydrogen-bond acceptors (Lipinski definition) is 4. The quantitative estimate of drug-likeness (QED) is 0.912. The lowest BCUT2D eigenvalue weighted by atomic mass is 10.1. The molecule has 5 nitrogen and oxygen atoms in total. The number of aliphatic carboxylic acids is 1. The average Bonchev–Trinajstić information content (AvgIpc) is 2.44. The van der Waals surface area contributed by atoms with Crippen LogP contribution in [0.4, 0.5) is 5.82 Å². The first-order valence-corrected chi connectivity index (χ1v) is 5.93. The molecule has 1 unspecified atom stereocenters. The fraction of sp³-hybridized carbons (Fsp3) is 0.286. The van der Waals surface area contributed by atoms with Gasteiger partial charge in [-0.15, -0.1) is 0 Å². The van der Waals surface area contributed by atoms with Crippen LogP contribution in [-0.2, 0) is 4.79 Å². The second-order valence-corrected chi connectivity index (χ2v) is 4.35. The van der Waals surface area contributed by atoms with Crippen LogP contribution < -0.4 is 9.64 Å². The van der Waals surface area contributed by atoms with Crippen molar-refractivity contribution in [2.45, 2.75) is 13.0 Å². The summed E-state index contributed by atoms with van der Waals surface area (Å²) in [5.41, 5.74) is 0. The third-order valence-electron chi connectivity index (χ3n) is 3.22. The fourth-order valence-electron chi connectivity index (χ4n) is 1.89. The molecule has 0 radical (unpaired) electrons. The number of likely N-dealkylation sites (N-methyl/N-ethyl adjacent to an activating group) is 1. The Morgan fingerprint density at radius 2 is 2.16 bits per heavy atom. The highest BCUT2D eigenvalue weighted by Crippen LogP contribution is 2.28. The van der Waals surface area contributed by atoms with Crippen LogP contribution in [-0.4, -0.2) is 36.3 Å². The van der Waals surface area contributed by atoms with E-state index in [0.717, 1.165) is 16.5 Å². The SMILES string of the molecule is COc1ccc2ccnc(N(C)C(C)C(=O)O)c2c1. The average molecular weight is 260 g/mol. The Balaban J connectivity index is 2.56. The molecule has 0 bridgehead atoms. The number of aromatic nitrogens is 1. The molecular weight excluding hydrogens is 244 g/mol. The predicted molar refractivity (Wildman–Crippen MR) is 73.8 cm³/mol. The van der Waals surface area contributed by atoms with E-state index in [1.807, 2.05) is 24.3 Å². The summed E-state index contributed by atoms with van der Waals surface area (Å²) in [5, 5.41) is 11.0. The molecule has 1 aromatic heterocycles. The molecular formula is C14H16N2O3. The van der Waals surface area contributed by atoms with Gasteiger partial charge >= 0.3 is 5.97 Å². The summed E-state index contributed by atoms with van der Waals surface area (Å²) in [7, 11) is 3.32. The molecule has 0 spiro atoms. The summed E-state index contributed by atoms with van der Waals surface area (Å²) in [6, 6.07) is 6.90. The molecule has 2 rings (SSSR count). The van der Waals surface area contributed by atoms with Gasteiger partial charge in [0.15, 0.2) is 0 Å². The maximum absolute atomic E-state index is 11.1. The number of benzene rings is 1. The number of ether oxygens (including phenoxy) is 1. The molecule has 0 saturated carbocycles. The van der Waals surface area contributed by atoms with Crippen molar-refractivity contribution in [2.24, 2.45) is 0 Å². The number of nitrogens with zero attached hydrogens (tertiary/aromatic N) is 2. The van der Waals surface area contributed by atoms with Gasteiger partial charge in [0.05, 0.1) is 7.11 Å². The van der Waals surface area contributed by atoms with Gasteiger partial charge in [-0.3, -0.25) is 0 Å². The van der Waals surface area contributed by atoms with Gasteiger partial charge in [0.2, 0.25) is 0 Å². The lowest BCUT2D eigenvalue weighted by Gasteiger charge is -2.23. The number of fused-ring (bicyclic) bond motifs is 1. The van der Waals surface area contributed by atoms with E-state index in [2.05, 4.69) is 4.98 Å². The van der Waals surface area contributed by atoms with Crippen LogP contribution in [0.3, 0.4) is 0 Å². The van der Waals surface area contributed by atoms with Gasteiger partial charge in [-0.2, -0.15) is 0 Å². The lowest BCUT2D eigenvalue weighted by molar-refractivity contribution is -0.138. The highest BCUT2D eigenvalue weighted by Gasteiger charge is 2.19. The first-order valence-electron chi connectivity index (χ1n) is 5.93. The van der Waals surface area contributed by atoms with Crippen molar-refractivity contribution >= 4 is 22.6 Å². The number of carboxylic acid groups (broad SMARTS) is 1. The third kappa shape index (κ3) is 2.45. The zero-order valence-corrected chi connectivity index (χ0v) is 11.1. The number of pyridine rings is 1. The second kappa shape index (κ2) is 5.14. The Morgan fingerprint density at radius 3 is 2.79 bits per heavy atom. The number of hydrogen-bond donors (Lipinski definition) is 1. The van der Waals surface area contributed by atoms with E-state index in [9.17, 15) is 4.79 Å². The second-order valence-electron chi connectivity index (χ2n) is 4.35. The fourth-order valence-corrected chi connectivity index (χ4v) is 1.89. The van der Waals surface area contributed by atoms with Crippen molar-refractivity contribution in [3.05, 3.63) is 30.5 Å². The molecule has 0 aliphatic rings. The maximum Gasteiger partial charge on any atom is 0.326 e. The van der Waals surface area contributed by atoms with Gasteiger partial charge in [0.1, 0.15) is 17.6 Å². The van der Waals surface area contributed by atoms with E-state index in [-0.39, 0.29) is 0 Å². The van der Waals surface area contributed by atoms with E-state index in [1.165, 1.54) is 0 Å². The Hall–Kier alpha value is -2.30. The van der Waals surface area contributed by atoms with Crippen molar-refractivity contribution in [2.75, 3.05) is 19.1 Å². The van der Waals surface area contributed by atoms with Crippen molar-refractivity contribution in [1.29, 1.82) is 0 Å². The minimum Gasteiger partial charge on any atom is -0.497 e. The van der Waals surface area contributed by atoms with Gasteiger partial charge < -0.3 is 14.7 Å². The van der Waals surface area contributed by atoms with Crippen LogP contribution in [0, 0.1) is 0 Å². The number of anilines is 1. The van der Waals surface area contributed by atoms with Crippen LogP contribution in [0.2, 0.25) is 0 Å². The van der Waals surface area contributed by atoms with Crippen LogP contribution in [0.25, 0.3) is 10.8 Å². The first-order chi connectivity index (χ1) is 9.04. The Morgan fingerprint density at radius 1 is 1.42 bits per heavy atom. The molecule has 19 heavy (non-hydrogen) atoms. The van der Waals surface area contributed by atoms with E-state index < -0.39 is 12.0 Å². The van der Waals surface area contributed by atoms with E-state index in [4.69, 9.17) is 9.84 Å². The molecule has 0 aliphatic carbocycles. The van der Waals surface area contributed by atoms with Gasteiger partial charge in [0, 0.05) is 18.6 Å². The molecule has 1 N–H and O–H groups in total. The van der Waals surface area contributed by atoms with Crippen LogP contribution in [0.1, 0.15) is 6.92 Å². The van der Waals surface area contributed by atoms with Gasteiger partial charge in [-0.1, -0.05) is 6.07 Å². The standard InChI is InChI=1S/C14H16N2O3/c1-9(14(17)18)16(2)13-12-8-11(19-3)5-4-10(12)6-7-15-13/h4-9H,1-3H3,(H,17,18). The first kappa shape index (κ1) is 13.1. The molecule has 0 saturated heterocycles. The number of methoxy groups -OCH3 is 1. The highest BCUT2D eigenvalue weighted by molar-refractivity contribution is 5.94. The van der Waals surface area contributed by atoms with Crippen LogP contribution >= 0.6 is 0 Å². The summed E-state index contributed by atoms with van der Waals surface area (Å²) in [5.74, 6) is 0.466. The number of rotatable bonds is 4. The molecule has 100 valence electrons. The molecule has 0 aliphatic heterocycles. The summed E-state index contributed by atoms with van der Waals surface area (Å²) < 4.78 is 5.20. The zero-order chi connectivity index (χ0) is 14.0. The normalized spacial score (nSPS) is 12.2. The Labute approximate surface area is 111 Å². The summed E-state index contributed by atoms with van der Waals surface area (Å²) in [6.07, 6.45) is 1.68. The van der Waals surface area contributed by atoms with Crippen molar-refractivity contribution in [3.63, 3.8) is 0 Å². The Bertz CT molecular complexity index is 613. The minimum atomic E-state index is -0.885. The van der Waals surface area contributed by atoms with Gasteiger partial charge in [-0.05, 0) is 30.5 Å².